The molecule has 0 N–H and O–H groups in total. The normalized spacial score (nSPS) is 10.9. The number of halogens is 2. The van der Waals surface area contributed by atoms with Crippen LogP contribution in [-0.4, -0.2) is 20.0 Å². The molecule has 78 valence electrons. The molecular weight excluding hydrogens is 202 g/mol. The summed E-state index contributed by atoms with van der Waals surface area (Å²) in [5.41, 5.74) is 0.498. The molecule has 0 aliphatic carbocycles. The van der Waals surface area contributed by atoms with Gasteiger partial charge in [-0.3, -0.25) is 0 Å². The zero-order chi connectivity index (χ0) is 10.8. The van der Waals surface area contributed by atoms with E-state index in [-0.39, 0.29) is 5.69 Å². The van der Waals surface area contributed by atoms with Crippen LogP contribution in [0.3, 0.4) is 0 Å². The van der Waals surface area contributed by atoms with E-state index >= 15 is 0 Å². The number of rotatable bonds is 2. The van der Waals surface area contributed by atoms with E-state index in [1.165, 1.54) is 16.9 Å². The van der Waals surface area contributed by atoms with E-state index in [1.807, 2.05) is 0 Å². The average Bonchev–Trinajstić information content (AvgIpc) is 2.68. The number of nitrogens with zero attached hydrogens (tertiary/aromatic N) is 4. The minimum absolute atomic E-state index is 0.266. The lowest BCUT2D eigenvalue weighted by molar-refractivity contribution is 0.145. The van der Waals surface area contributed by atoms with Gasteiger partial charge in [0.25, 0.3) is 6.43 Å². The fraction of sp³-hybridized carbons (Fsp3) is 0.222. The fourth-order valence-corrected chi connectivity index (χ4v) is 1.10. The summed E-state index contributed by atoms with van der Waals surface area (Å²) in [6.07, 6.45) is -1.13. The maximum Gasteiger partial charge on any atom is 0.282 e. The molecule has 0 saturated carbocycles. The Balaban J connectivity index is 2.33. The number of hydrogen-bond donors (Lipinski definition) is 0. The lowest BCUT2D eigenvalue weighted by Gasteiger charge is -1.98. The van der Waals surface area contributed by atoms with Gasteiger partial charge in [0.15, 0.2) is 5.82 Å². The van der Waals surface area contributed by atoms with Crippen molar-refractivity contribution in [3.8, 4) is 5.82 Å². The Morgan fingerprint density at radius 2 is 2.00 bits per heavy atom. The monoisotopic (exact) mass is 210 g/mol. The van der Waals surface area contributed by atoms with Gasteiger partial charge in [0, 0.05) is 6.20 Å². The first-order valence-corrected chi connectivity index (χ1v) is 4.31. The second kappa shape index (κ2) is 3.72. The summed E-state index contributed by atoms with van der Waals surface area (Å²) < 4.78 is 25.8. The van der Waals surface area contributed by atoms with Crippen LogP contribution in [0.1, 0.15) is 17.8 Å². The molecule has 0 bridgehead atoms. The van der Waals surface area contributed by atoms with Crippen molar-refractivity contribution < 1.29 is 8.78 Å². The summed E-state index contributed by atoms with van der Waals surface area (Å²) in [6.45, 7) is 1.80. The second-order valence-corrected chi connectivity index (χ2v) is 3.02. The molecule has 4 nitrogen and oxygen atoms in total. The standard InChI is InChI=1S/C9H8F2N4/c1-6-2-3-8(13-12-6)15-5-4-7(14-15)9(10)11/h2-5,9H,1H3. The van der Waals surface area contributed by atoms with Gasteiger partial charge in [0.2, 0.25) is 0 Å². The lowest BCUT2D eigenvalue weighted by atomic mass is 10.4. The third-order valence-corrected chi connectivity index (χ3v) is 1.85. The summed E-state index contributed by atoms with van der Waals surface area (Å²) in [6, 6.07) is 4.67. The van der Waals surface area contributed by atoms with Crippen LogP contribution >= 0.6 is 0 Å². The summed E-state index contributed by atoms with van der Waals surface area (Å²) in [4.78, 5) is 0. The molecule has 0 radical (unpaired) electrons. The van der Waals surface area contributed by atoms with Crippen LogP contribution in [0.2, 0.25) is 0 Å². The zero-order valence-corrected chi connectivity index (χ0v) is 7.93. The van der Waals surface area contributed by atoms with E-state index in [0.717, 1.165) is 5.69 Å². The fourth-order valence-electron chi connectivity index (χ4n) is 1.10. The Morgan fingerprint density at radius 1 is 1.20 bits per heavy atom. The number of aryl methyl sites for hydroxylation is 1. The highest BCUT2D eigenvalue weighted by Crippen LogP contribution is 2.16. The molecular formula is C9H8F2N4. The van der Waals surface area contributed by atoms with Gasteiger partial charge in [-0.2, -0.15) is 10.2 Å². The number of alkyl halides is 2. The smallest absolute Gasteiger partial charge is 0.220 e. The first-order chi connectivity index (χ1) is 7.16. The Morgan fingerprint density at radius 3 is 2.53 bits per heavy atom. The Labute approximate surface area is 84.6 Å². The number of hydrogen-bond acceptors (Lipinski definition) is 3. The van der Waals surface area contributed by atoms with Gasteiger partial charge >= 0.3 is 0 Å². The number of aromatic nitrogens is 4. The van der Waals surface area contributed by atoms with Crippen LogP contribution < -0.4 is 0 Å². The minimum atomic E-state index is -2.57. The molecule has 15 heavy (non-hydrogen) atoms. The van der Waals surface area contributed by atoms with E-state index in [0.29, 0.717) is 5.82 Å². The molecule has 0 unspecified atom stereocenters. The van der Waals surface area contributed by atoms with Gasteiger partial charge in [-0.05, 0) is 25.1 Å². The SMILES string of the molecule is Cc1ccc(-n2ccc(C(F)F)n2)nn1. The Bertz CT molecular complexity index is 449. The van der Waals surface area contributed by atoms with E-state index in [2.05, 4.69) is 15.3 Å². The van der Waals surface area contributed by atoms with Gasteiger partial charge in [0.05, 0.1) is 5.69 Å². The maximum atomic E-state index is 12.2. The van der Waals surface area contributed by atoms with Crippen LogP contribution in [0.5, 0.6) is 0 Å². The van der Waals surface area contributed by atoms with Crippen molar-refractivity contribution in [1.82, 2.24) is 20.0 Å². The summed E-state index contributed by atoms with van der Waals surface area (Å²) in [7, 11) is 0. The van der Waals surface area contributed by atoms with Crippen LogP contribution in [0.25, 0.3) is 5.82 Å². The molecule has 0 saturated heterocycles. The quantitative estimate of drug-likeness (QED) is 0.760. The zero-order valence-electron chi connectivity index (χ0n) is 7.93. The van der Waals surface area contributed by atoms with Crippen molar-refractivity contribution in [3.05, 3.63) is 35.8 Å². The first-order valence-electron chi connectivity index (χ1n) is 4.31. The maximum absolute atomic E-state index is 12.2. The summed E-state index contributed by atoms with van der Waals surface area (Å²) in [5.74, 6) is 0.424. The van der Waals surface area contributed by atoms with Gasteiger partial charge in [-0.1, -0.05) is 0 Å². The molecule has 0 aliphatic rings. The summed E-state index contributed by atoms with van der Waals surface area (Å²) >= 11 is 0. The van der Waals surface area contributed by atoms with Crippen molar-refractivity contribution in [2.75, 3.05) is 0 Å². The first kappa shape index (κ1) is 9.70. The third kappa shape index (κ3) is 1.98. The van der Waals surface area contributed by atoms with Gasteiger partial charge in [0.1, 0.15) is 5.69 Å². The van der Waals surface area contributed by atoms with Crippen LogP contribution in [0.4, 0.5) is 8.78 Å². The van der Waals surface area contributed by atoms with Gasteiger partial charge in [-0.15, -0.1) is 5.10 Å². The van der Waals surface area contributed by atoms with Crippen molar-refractivity contribution in [2.45, 2.75) is 13.3 Å². The molecule has 0 fully saturated rings. The Kier molecular flexibility index (Phi) is 2.40. The highest BCUT2D eigenvalue weighted by Gasteiger charge is 2.11. The van der Waals surface area contributed by atoms with Crippen molar-refractivity contribution in [2.24, 2.45) is 0 Å². The lowest BCUT2D eigenvalue weighted by Crippen LogP contribution is -2.01. The molecule has 2 heterocycles. The highest BCUT2D eigenvalue weighted by atomic mass is 19.3. The molecule has 0 aliphatic heterocycles. The summed E-state index contributed by atoms with van der Waals surface area (Å²) in [5, 5.41) is 11.3. The van der Waals surface area contributed by atoms with Crippen LogP contribution in [-0.2, 0) is 0 Å². The van der Waals surface area contributed by atoms with Crippen molar-refractivity contribution in [1.29, 1.82) is 0 Å². The second-order valence-electron chi connectivity index (χ2n) is 3.02. The highest BCUT2D eigenvalue weighted by molar-refractivity contribution is 5.21. The van der Waals surface area contributed by atoms with Crippen LogP contribution in [0, 0.1) is 6.92 Å². The average molecular weight is 210 g/mol. The van der Waals surface area contributed by atoms with Crippen molar-refractivity contribution in [3.63, 3.8) is 0 Å². The molecule has 6 heteroatoms. The molecule has 0 atom stereocenters. The largest absolute Gasteiger partial charge is 0.282 e. The van der Waals surface area contributed by atoms with Crippen molar-refractivity contribution >= 4 is 0 Å². The minimum Gasteiger partial charge on any atom is -0.220 e. The molecule has 0 aromatic carbocycles. The topological polar surface area (TPSA) is 43.6 Å². The molecule has 2 rings (SSSR count). The predicted octanol–water partition coefficient (Wildman–Crippen LogP) is 1.91. The predicted molar refractivity (Wildman–Crippen MR) is 48.8 cm³/mol. The molecule has 0 spiro atoms. The van der Waals surface area contributed by atoms with Crippen LogP contribution in [0.15, 0.2) is 24.4 Å². The molecule has 2 aromatic rings. The Hall–Kier alpha value is -1.85. The molecule has 0 amide bonds. The van der Waals surface area contributed by atoms with E-state index in [1.54, 1.807) is 19.1 Å². The van der Waals surface area contributed by atoms with E-state index in [4.69, 9.17) is 0 Å². The third-order valence-electron chi connectivity index (χ3n) is 1.85. The molecule has 2 aromatic heterocycles. The van der Waals surface area contributed by atoms with Gasteiger partial charge < -0.3 is 0 Å². The van der Waals surface area contributed by atoms with E-state index in [9.17, 15) is 8.78 Å². The van der Waals surface area contributed by atoms with E-state index < -0.39 is 6.43 Å². The van der Waals surface area contributed by atoms with Gasteiger partial charge in [-0.25, -0.2) is 13.5 Å².